The first-order valence-electron chi connectivity index (χ1n) is 4.38. The lowest BCUT2D eigenvalue weighted by atomic mass is 10.2. The molecule has 1 rings (SSSR count). The first-order chi connectivity index (χ1) is 5.70. The van der Waals surface area contributed by atoms with E-state index in [2.05, 4.69) is 0 Å². The third kappa shape index (κ3) is 3.06. The predicted molar refractivity (Wildman–Crippen MR) is 44.7 cm³/mol. The highest BCUT2D eigenvalue weighted by atomic mass is 16.5. The fourth-order valence-corrected chi connectivity index (χ4v) is 1.33. The number of hydrogen-bond acceptors (Lipinski definition) is 4. The summed E-state index contributed by atoms with van der Waals surface area (Å²) in [5.41, 5.74) is 0. The fraction of sp³-hybridized carbons (Fsp3) is 1.00. The molecule has 1 heterocycles. The van der Waals surface area contributed by atoms with Crippen LogP contribution in [0.15, 0.2) is 0 Å². The molecule has 0 saturated carbocycles. The smallest absolute Gasteiger partial charge is 0.110 e. The van der Waals surface area contributed by atoms with Crippen LogP contribution in [0.5, 0.6) is 0 Å². The average Bonchev–Trinajstić information content (AvgIpc) is 2.05. The summed E-state index contributed by atoms with van der Waals surface area (Å²) in [5.74, 6) is 0. The molecule has 1 saturated heterocycles. The molecule has 1 aliphatic rings. The van der Waals surface area contributed by atoms with E-state index in [0.717, 1.165) is 13.1 Å². The van der Waals surface area contributed by atoms with Gasteiger partial charge < -0.3 is 14.9 Å². The van der Waals surface area contributed by atoms with E-state index in [9.17, 15) is 5.11 Å². The lowest BCUT2D eigenvalue weighted by Gasteiger charge is -2.31. The Bertz CT molecular complexity index is 123. The average molecular weight is 175 g/mol. The molecule has 4 heteroatoms. The molecule has 0 radical (unpaired) electrons. The maximum absolute atomic E-state index is 9.55. The molecule has 1 aliphatic heterocycles. The minimum atomic E-state index is -0.520. The maximum Gasteiger partial charge on any atom is 0.110 e. The van der Waals surface area contributed by atoms with Crippen molar-refractivity contribution in [1.82, 2.24) is 4.90 Å². The molecular weight excluding hydrogens is 158 g/mol. The van der Waals surface area contributed by atoms with Crippen LogP contribution in [-0.4, -0.2) is 53.7 Å². The Morgan fingerprint density at radius 2 is 1.92 bits per heavy atom. The molecule has 0 aromatic rings. The topological polar surface area (TPSA) is 52.9 Å². The van der Waals surface area contributed by atoms with E-state index in [0.29, 0.717) is 19.6 Å². The van der Waals surface area contributed by atoms with Gasteiger partial charge in [0.1, 0.15) is 6.23 Å². The maximum atomic E-state index is 9.55. The van der Waals surface area contributed by atoms with Gasteiger partial charge in [-0.2, -0.15) is 0 Å². The van der Waals surface area contributed by atoms with Crippen molar-refractivity contribution < 1.29 is 14.9 Å². The van der Waals surface area contributed by atoms with Crippen LogP contribution >= 0.6 is 0 Å². The van der Waals surface area contributed by atoms with E-state index in [4.69, 9.17) is 9.84 Å². The Balaban J connectivity index is 2.24. The van der Waals surface area contributed by atoms with Gasteiger partial charge in [-0.05, 0) is 6.92 Å². The molecule has 12 heavy (non-hydrogen) atoms. The van der Waals surface area contributed by atoms with Crippen molar-refractivity contribution in [2.24, 2.45) is 0 Å². The van der Waals surface area contributed by atoms with Gasteiger partial charge in [-0.25, -0.2) is 0 Å². The van der Waals surface area contributed by atoms with E-state index in [-0.39, 0.29) is 0 Å². The number of rotatable bonds is 3. The first-order valence-corrected chi connectivity index (χ1v) is 4.38. The standard InChI is InChI=1S/C8H17NO3/c1-7(10)6-8(11)9-2-4-12-5-3-9/h7-8,10-11H,2-6H2,1H3. The second kappa shape index (κ2) is 4.77. The summed E-state index contributed by atoms with van der Waals surface area (Å²) in [6, 6.07) is 0. The quantitative estimate of drug-likeness (QED) is 0.602. The molecule has 0 aliphatic carbocycles. The lowest BCUT2D eigenvalue weighted by molar-refractivity contribution is -0.0744. The molecule has 2 N–H and O–H groups in total. The van der Waals surface area contributed by atoms with Crippen molar-refractivity contribution in [3.63, 3.8) is 0 Å². The van der Waals surface area contributed by atoms with Gasteiger partial charge in [0.25, 0.3) is 0 Å². The van der Waals surface area contributed by atoms with Gasteiger partial charge in [-0.15, -0.1) is 0 Å². The summed E-state index contributed by atoms with van der Waals surface area (Å²) >= 11 is 0. The Hall–Kier alpha value is -0.160. The van der Waals surface area contributed by atoms with Crippen molar-refractivity contribution in [2.45, 2.75) is 25.7 Å². The molecule has 0 aromatic heterocycles. The number of aliphatic hydroxyl groups is 2. The number of hydrogen-bond donors (Lipinski definition) is 2. The van der Waals surface area contributed by atoms with Gasteiger partial charge >= 0.3 is 0 Å². The van der Waals surface area contributed by atoms with Crippen LogP contribution in [0.1, 0.15) is 13.3 Å². The summed E-state index contributed by atoms with van der Waals surface area (Å²) < 4.78 is 5.14. The van der Waals surface area contributed by atoms with E-state index < -0.39 is 12.3 Å². The van der Waals surface area contributed by atoms with Crippen LogP contribution in [0.4, 0.5) is 0 Å². The Labute approximate surface area is 72.7 Å². The highest BCUT2D eigenvalue weighted by Crippen LogP contribution is 2.06. The van der Waals surface area contributed by atoms with Crippen molar-refractivity contribution in [3.05, 3.63) is 0 Å². The predicted octanol–water partition coefficient (Wildman–Crippen LogP) is -0.592. The number of nitrogens with zero attached hydrogens (tertiary/aromatic N) is 1. The molecule has 0 spiro atoms. The number of morpholine rings is 1. The summed E-state index contributed by atoms with van der Waals surface area (Å²) in [5, 5.41) is 18.6. The van der Waals surface area contributed by atoms with E-state index in [1.165, 1.54) is 0 Å². The molecule has 4 nitrogen and oxygen atoms in total. The minimum Gasteiger partial charge on any atom is -0.393 e. The van der Waals surface area contributed by atoms with E-state index >= 15 is 0 Å². The van der Waals surface area contributed by atoms with Gasteiger partial charge in [0.15, 0.2) is 0 Å². The second-order valence-corrected chi connectivity index (χ2v) is 3.21. The highest BCUT2D eigenvalue weighted by molar-refractivity contribution is 4.67. The van der Waals surface area contributed by atoms with Gasteiger partial charge in [-0.3, -0.25) is 4.90 Å². The summed E-state index contributed by atoms with van der Waals surface area (Å²) in [4.78, 5) is 1.93. The molecule has 2 atom stereocenters. The third-order valence-electron chi connectivity index (χ3n) is 2.02. The fourth-order valence-electron chi connectivity index (χ4n) is 1.33. The molecule has 72 valence electrons. The van der Waals surface area contributed by atoms with Gasteiger partial charge in [0.2, 0.25) is 0 Å². The molecule has 0 aromatic carbocycles. The SMILES string of the molecule is CC(O)CC(O)N1CCOCC1. The highest BCUT2D eigenvalue weighted by Gasteiger charge is 2.19. The summed E-state index contributed by atoms with van der Waals surface area (Å²) in [7, 11) is 0. The van der Waals surface area contributed by atoms with Crippen LogP contribution < -0.4 is 0 Å². The molecule has 2 unspecified atom stereocenters. The largest absolute Gasteiger partial charge is 0.393 e. The Kier molecular flexibility index (Phi) is 3.94. The molecular formula is C8H17NO3. The van der Waals surface area contributed by atoms with E-state index in [1.807, 2.05) is 4.90 Å². The Morgan fingerprint density at radius 1 is 1.33 bits per heavy atom. The zero-order chi connectivity index (χ0) is 8.97. The summed E-state index contributed by atoms with van der Waals surface area (Å²) in [6.45, 7) is 4.55. The molecule has 0 amide bonds. The van der Waals surface area contributed by atoms with E-state index in [1.54, 1.807) is 6.92 Å². The lowest BCUT2D eigenvalue weighted by Crippen LogP contribution is -2.44. The number of aliphatic hydroxyl groups excluding tert-OH is 2. The molecule has 0 bridgehead atoms. The van der Waals surface area contributed by atoms with Crippen molar-refractivity contribution in [2.75, 3.05) is 26.3 Å². The van der Waals surface area contributed by atoms with Crippen LogP contribution in [0.25, 0.3) is 0 Å². The van der Waals surface area contributed by atoms with Crippen molar-refractivity contribution >= 4 is 0 Å². The minimum absolute atomic E-state index is 0.417. The number of ether oxygens (including phenoxy) is 1. The van der Waals surface area contributed by atoms with Gasteiger partial charge in [-0.1, -0.05) is 0 Å². The monoisotopic (exact) mass is 175 g/mol. The normalized spacial score (nSPS) is 25.2. The van der Waals surface area contributed by atoms with Gasteiger partial charge in [0.05, 0.1) is 19.3 Å². The van der Waals surface area contributed by atoms with Crippen LogP contribution in [0.3, 0.4) is 0 Å². The Morgan fingerprint density at radius 3 is 2.42 bits per heavy atom. The van der Waals surface area contributed by atoms with Crippen molar-refractivity contribution in [1.29, 1.82) is 0 Å². The first kappa shape index (κ1) is 9.92. The van der Waals surface area contributed by atoms with Crippen LogP contribution in [0.2, 0.25) is 0 Å². The van der Waals surface area contributed by atoms with Gasteiger partial charge in [0, 0.05) is 19.5 Å². The van der Waals surface area contributed by atoms with Crippen LogP contribution in [-0.2, 0) is 4.74 Å². The summed E-state index contributed by atoms with van der Waals surface area (Å²) in [6.07, 6.45) is -0.545. The zero-order valence-electron chi connectivity index (χ0n) is 7.44. The third-order valence-corrected chi connectivity index (χ3v) is 2.02. The molecule has 1 fully saturated rings. The zero-order valence-corrected chi connectivity index (χ0v) is 7.44. The van der Waals surface area contributed by atoms with Crippen molar-refractivity contribution in [3.8, 4) is 0 Å². The second-order valence-electron chi connectivity index (χ2n) is 3.21. The van der Waals surface area contributed by atoms with Crippen LogP contribution in [0, 0.1) is 0 Å².